The fraction of sp³-hybridized carbons (Fsp3) is 0.706. The minimum Gasteiger partial charge on any atom is -0.481 e. The van der Waals surface area contributed by atoms with Crippen LogP contribution in [-0.2, 0) is 6.42 Å². The number of rotatable bonds is 6. The molecular formula is C17H28N2O. The van der Waals surface area contributed by atoms with Crippen molar-refractivity contribution >= 4 is 0 Å². The van der Waals surface area contributed by atoms with Gasteiger partial charge in [0.2, 0.25) is 5.88 Å². The van der Waals surface area contributed by atoms with E-state index in [9.17, 15) is 0 Å². The number of nitrogens with one attached hydrogen (secondary N) is 1. The minimum absolute atomic E-state index is 0.586. The summed E-state index contributed by atoms with van der Waals surface area (Å²) in [5, 5.41) is 3.69. The third kappa shape index (κ3) is 4.20. The van der Waals surface area contributed by atoms with Crippen molar-refractivity contribution < 1.29 is 4.74 Å². The van der Waals surface area contributed by atoms with Gasteiger partial charge < -0.3 is 10.1 Å². The Labute approximate surface area is 123 Å². The first kappa shape index (κ1) is 15.3. The Morgan fingerprint density at radius 2 is 2.05 bits per heavy atom. The van der Waals surface area contributed by atoms with Crippen LogP contribution in [0.25, 0.3) is 0 Å². The molecule has 1 N–H and O–H groups in total. The van der Waals surface area contributed by atoms with Crippen LogP contribution in [0.1, 0.15) is 45.1 Å². The van der Waals surface area contributed by atoms with E-state index >= 15 is 0 Å². The Morgan fingerprint density at radius 3 is 2.60 bits per heavy atom. The second-order valence-corrected chi connectivity index (χ2v) is 6.10. The molecule has 0 saturated heterocycles. The van der Waals surface area contributed by atoms with E-state index in [0.29, 0.717) is 11.9 Å². The third-order valence-corrected chi connectivity index (χ3v) is 4.56. The van der Waals surface area contributed by atoms with Crippen molar-refractivity contribution in [1.29, 1.82) is 0 Å². The number of likely N-dealkylation sites (N-methyl/N-ethyl adjacent to an activating group) is 1. The summed E-state index contributed by atoms with van der Waals surface area (Å²) in [5.74, 6) is 2.42. The summed E-state index contributed by atoms with van der Waals surface area (Å²) >= 11 is 0. The van der Waals surface area contributed by atoms with Crippen LogP contribution in [0.3, 0.4) is 0 Å². The maximum Gasteiger partial charge on any atom is 0.212 e. The van der Waals surface area contributed by atoms with Gasteiger partial charge in [-0.2, -0.15) is 0 Å². The highest BCUT2D eigenvalue weighted by atomic mass is 16.5. The number of ether oxygens (including phenoxy) is 1. The lowest BCUT2D eigenvalue weighted by atomic mass is 9.78. The maximum absolute atomic E-state index is 5.12. The second kappa shape index (κ2) is 7.63. The average molecular weight is 276 g/mol. The lowest BCUT2D eigenvalue weighted by molar-refractivity contribution is 0.230. The number of hydrogen-bond donors (Lipinski definition) is 1. The molecular weight excluding hydrogens is 248 g/mol. The van der Waals surface area contributed by atoms with Gasteiger partial charge in [0.15, 0.2) is 0 Å². The van der Waals surface area contributed by atoms with Crippen molar-refractivity contribution in [2.75, 3.05) is 13.7 Å². The molecule has 1 aromatic rings. The average Bonchev–Trinajstić information content (AvgIpc) is 2.48. The van der Waals surface area contributed by atoms with E-state index in [0.717, 1.165) is 24.8 Å². The highest BCUT2D eigenvalue weighted by Crippen LogP contribution is 2.31. The van der Waals surface area contributed by atoms with Crippen LogP contribution in [-0.4, -0.2) is 24.7 Å². The van der Waals surface area contributed by atoms with Crippen molar-refractivity contribution in [2.45, 2.75) is 52.0 Å². The molecule has 0 aliphatic heterocycles. The van der Waals surface area contributed by atoms with E-state index in [1.54, 1.807) is 7.11 Å². The molecule has 1 fully saturated rings. The zero-order valence-electron chi connectivity index (χ0n) is 13.1. The van der Waals surface area contributed by atoms with Gasteiger partial charge >= 0.3 is 0 Å². The van der Waals surface area contributed by atoms with Gasteiger partial charge in [0.1, 0.15) is 0 Å². The molecule has 1 aromatic heterocycles. The third-order valence-electron chi connectivity index (χ3n) is 4.56. The SMILES string of the molecule is CCNC(Cc1ccc(OC)nc1)C1CCC(C)CC1. The van der Waals surface area contributed by atoms with Gasteiger partial charge in [0.25, 0.3) is 0 Å². The topological polar surface area (TPSA) is 34.1 Å². The Morgan fingerprint density at radius 1 is 1.30 bits per heavy atom. The standard InChI is InChI=1S/C17H28N2O/c1-4-18-16(15-8-5-13(2)6-9-15)11-14-7-10-17(20-3)19-12-14/h7,10,12-13,15-16,18H,4-6,8-9,11H2,1-3H3. The first-order valence-corrected chi connectivity index (χ1v) is 7.95. The van der Waals surface area contributed by atoms with Crippen LogP contribution in [0.15, 0.2) is 18.3 Å². The summed E-state index contributed by atoms with van der Waals surface area (Å²) in [6, 6.07) is 4.69. The molecule has 0 amide bonds. The molecule has 0 radical (unpaired) electrons. The summed E-state index contributed by atoms with van der Waals surface area (Å²) in [5.41, 5.74) is 1.30. The van der Waals surface area contributed by atoms with Gasteiger partial charge in [0.05, 0.1) is 7.11 Å². The molecule has 1 aliphatic rings. The molecule has 0 spiro atoms. The smallest absolute Gasteiger partial charge is 0.212 e. The monoisotopic (exact) mass is 276 g/mol. The molecule has 0 bridgehead atoms. The summed E-state index contributed by atoms with van der Waals surface area (Å²) < 4.78 is 5.12. The molecule has 1 saturated carbocycles. The minimum atomic E-state index is 0.586. The molecule has 20 heavy (non-hydrogen) atoms. The van der Waals surface area contributed by atoms with Gasteiger partial charge in [0, 0.05) is 18.3 Å². The number of nitrogens with zero attached hydrogens (tertiary/aromatic N) is 1. The Bertz CT molecular complexity index is 382. The van der Waals surface area contributed by atoms with Gasteiger partial charge in [-0.05, 0) is 43.2 Å². The first-order chi connectivity index (χ1) is 9.72. The lowest BCUT2D eigenvalue weighted by Crippen LogP contribution is -2.39. The largest absolute Gasteiger partial charge is 0.481 e. The van der Waals surface area contributed by atoms with E-state index in [4.69, 9.17) is 4.74 Å². The first-order valence-electron chi connectivity index (χ1n) is 7.95. The molecule has 2 rings (SSSR count). The molecule has 3 heteroatoms. The van der Waals surface area contributed by atoms with Gasteiger partial charge in [-0.15, -0.1) is 0 Å². The molecule has 1 atom stereocenters. The van der Waals surface area contributed by atoms with E-state index in [1.807, 2.05) is 12.3 Å². The van der Waals surface area contributed by atoms with Crippen molar-refractivity contribution in [3.8, 4) is 5.88 Å². The predicted molar refractivity (Wildman–Crippen MR) is 83.1 cm³/mol. The highest BCUT2D eigenvalue weighted by Gasteiger charge is 2.25. The number of pyridine rings is 1. The Balaban J connectivity index is 1.97. The molecule has 0 aromatic carbocycles. The quantitative estimate of drug-likeness (QED) is 0.864. The zero-order chi connectivity index (χ0) is 14.4. The molecule has 112 valence electrons. The summed E-state index contributed by atoms with van der Waals surface area (Å²) in [4.78, 5) is 4.32. The normalized spacial score (nSPS) is 24.4. The van der Waals surface area contributed by atoms with Crippen LogP contribution >= 0.6 is 0 Å². The molecule has 3 nitrogen and oxygen atoms in total. The zero-order valence-corrected chi connectivity index (χ0v) is 13.1. The van der Waals surface area contributed by atoms with E-state index in [-0.39, 0.29) is 0 Å². The van der Waals surface area contributed by atoms with E-state index < -0.39 is 0 Å². The summed E-state index contributed by atoms with van der Waals surface area (Å²) in [6.45, 7) is 5.62. The van der Waals surface area contributed by atoms with Crippen LogP contribution in [0, 0.1) is 11.8 Å². The Kier molecular flexibility index (Phi) is 5.84. The van der Waals surface area contributed by atoms with Gasteiger partial charge in [-0.25, -0.2) is 4.98 Å². The number of aromatic nitrogens is 1. The van der Waals surface area contributed by atoms with Crippen LogP contribution < -0.4 is 10.1 Å². The van der Waals surface area contributed by atoms with Gasteiger partial charge in [-0.1, -0.05) is 32.8 Å². The van der Waals surface area contributed by atoms with Crippen LogP contribution in [0.2, 0.25) is 0 Å². The highest BCUT2D eigenvalue weighted by molar-refractivity contribution is 5.18. The maximum atomic E-state index is 5.12. The van der Waals surface area contributed by atoms with Crippen LogP contribution in [0.4, 0.5) is 0 Å². The fourth-order valence-electron chi connectivity index (χ4n) is 3.26. The summed E-state index contributed by atoms with van der Waals surface area (Å²) in [6.07, 6.45) is 8.52. The van der Waals surface area contributed by atoms with E-state index in [1.165, 1.54) is 31.2 Å². The molecule has 1 unspecified atom stereocenters. The van der Waals surface area contributed by atoms with Crippen molar-refractivity contribution in [3.05, 3.63) is 23.9 Å². The fourth-order valence-corrected chi connectivity index (χ4v) is 3.26. The van der Waals surface area contributed by atoms with Crippen molar-refractivity contribution in [1.82, 2.24) is 10.3 Å². The second-order valence-electron chi connectivity index (χ2n) is 6.10. The van der Waals surface area contributed by atoms with Crippen molar-refractivity contribution in [3.63, 3.8) is 0 Å². The summed E-state index contributed by atoms with van der Waals surface area (Å²) in [7, 11) is 1.66. The van der Waals surface area contributed by atoms with Crippen molar-refractivity contribution in [2.24, 2.45) is 11.8 Å². The van der Waals surface area contributed by atoms with Crippen LogP contribution in [0.5, 0.6) is 5.88 Å². The predicted octanol–water partition coefficient (Wildman–Crippen LogP) is 3.44. The number of hydrogen-bond acceptors (Lipinski definition) is 3. The van der Waals surface area contributed by atoms with Gasteiger partial charge in [-0.3, -0.25) is 0 Å². The number of methoxy groups -OCH3 is 1. The molecule has 1 aliphatic carbocycles. The Hall–Kier alpha value is -1.09. The lowest BCUT2D eigenvalue weighted by Gasteiger charge is -2.33. The van der Waals surface area contributed by atoms with E-state index in [2.05, 4.69) is 30.2 Å². The molecule has 1 heterocycles.